The molecule has 2 N–H and O–H groups in total. The molecule has 6 aromatic carbocycles. The SMILES string of the molecule is CCCC[N+](CCCC)(CCCC)CCCC.OB(O)OCCCC(c1cccc2ccccc12)(c1cccc2ccccc12)c1cccc2ccccc12. The van der Waals surface area contributed by atoms with E-state index in [0.717, 1.165) is 6.42 Å². The first-order valence-electron chi connectivity index (χ1n) is 21.2. The minimum absolute atomic E-state index is 0.236. The fraction of sp³-hybridized carbons (Fsp3) is 0.400. The van der Waals surface area contributed by atoms with Gasteiger partial charge in [0.15, 0.2) is 0 Å². The number of quaternary nitrogens is 1. The van der Waals surface area contributed by atoms with Crippen molar-refractivity contribution < 1.29 is 19.2 Å². The summed E-state index contributed by atoms with van der Waals surface area (Å²) in [6, 6.07) is 45.4. The third-order valence-corrected chi connectivity index (χ3v) is 11.7. The van der Waals surface area contributed by atoms with Gasteiger partial charge >= 0.3 is 7.32 Å². The Bertz CT molecular complexity index is 1800. The molecule has 0 fully saturated rings. The van der Waals surface area contributed by atoms with Crippen LogP contribution in [0.5, 0.6) is 0 Å². The van der Waals surface area contributed by atoms with Crippen LogP contribution in [0.2, 0.25) is 0 Å². The monoisotopic (exact) mass is 739 g/mol. The fourth-order valence-corrected chi connectivity index (χ4v) is 8.80. The highest BCUT2D eigenvalue weighted by Crippen LogP contribution is 2.49. The molecule has 5 heteroatoms. The van der Waals surface area contributed by atoms with E-state index in [1.165, 1.54) is 131 Å². The van der Waals surface area contributed by atoms with Gasteiger partial charge in [-0.25, -0.2) is 0 Å². The Hall–Kier alpha value is -4.00. The van der Waals surface area contributed by atoms with Gasteiger partial charge in [-0.3, -0.25) is 0 Å². The van der Waals surface area contributed by atoms with Crippen LogP contribution in [0.1, 0.15) is 109 Å². The molecule has 0 aliphatic carbocycles. The maximum Gasteiger partial charge on any atom is 0.633 e. The molecule has 0 aromatic heterocycles. The van der Waals surface area contributed by atoms with Crippen molar-refractivity contribution in [3.63, 3.8) is 0 Å². The zero-order valence-corrected chi connectivity index (χ0v) is 34.1. The lowest BCUT2D eigenvalue weighted by Crippen LogP contribution is -2.50. The summed E-state index contributed by atoms with van der Waals surface area (Å²) in [5.41, 5.74) is 3.15. The summed E-state index contributed by atoms with van der Waals surface area (Å²) < 4.78 is 6.64. The second-order valence-corrected chi connectivity index (χ2v) is 15.4. The van der Waals surface area contributed by atoms with Gasteiger partial charge in [0.05, 0.1) is 26.2 Å². The van der Waals surface area contributed by atoms with E-state index >= 15 is 0 Å². The molecule has 0 spiro atoms. The van der Waals surface area contributed by atoms with Crippen LogP contribution in [0.3, 0.4) is 0 Å². The minimum Gasteiger partial charge on any atom is -0.402 e. The largest absolute Gasteiger partial charge is 0.633 e. The number of hydrogen-bond donors (Lipinski definition) is 2. The number of fused-ring (bicyclic) bond motifs is 3. The van der Waals surface area contributed by atoms with Crippen LogP contribution >= 0.6 is 0 Å². The van der Waals surface area contributed by atoms with Crippen molar-refractivity contribution in [2.75, 3.05) is 32.8 Å². The molecule has 4 nitrogen and oxygen atoms in total. The quantitative estimate of drug-likeness (QED) is 0.0355. The van der Waals surface area contributed by atoms with Crippen molar-refractivity contribution in [3.8, 4) is 0 Å². The predicted molar refractivity (Wildman–Crippen MR) is 236 cm³/mol. The average Bonchev–Trinajstić information content (AvgIpc) is 3.23. The molecule has 0 atom stereocenters. The van der Waals surface area contributed by atoms with Crippen LogP contribution < -0.4 is 0 Å². The molecular formula is C50H65BNO3+. The summed E-state index contributed by atoms with van der Waals surface area (Å²) in [7, 11) is -1.78. The number of unbranched alkanes of at least 4 members (excludes halogenated alkanes) is 4. The lowest BCUT2D eigenvalue weighted by molar-refractivity contribution is -0.929. The number of benzene rings is 6. The molecule has 6 rings (SSSR count). The first-order chi connectivity index (χ1) is 26.9. The smallest absolute Gasteiger partial charge is 0.402 e. The van der Waals surface area contributed by atoms with E-state index in [9.17, 15) is 10.0 Å². The first-order valence-corrected chi connectivity index (χ1v) is 21.2. The van der Waals surface area contributed by atoms with Crippen LogP contribution in [-0.2, 0) is 10.1 Å². The predicted octanol–water partition coefficient (Wildman–Crippen LogP) is 12.3. The summed E-state index contributed by atoms with van der Waals surface area (Å²) in [5.74, 6) is 0. The van der Waals surface area contributed by atoms with Crippen LogP contribution in [0.25, 0.3) is 32.3 Å². The van der Waals surface area contributed by atoms with Crippen molar-refractivity contribution in [2.45, 2.75) is 97.3 Å². The Balaban J connectivity index is 0.000000290. The molecule has 290 valence electrons. The summed E-state index contributed by atoms with van der Waals surface area (Å²) in [5, 5.41) is 26.0. The van der Waals surface area contributed by atoms with Crippen molar-refractivity contribution in [2.24, 2.45) is 0 Å². The number of nitrogens with zero attached hydrogens (tertiary/aromatic N) is 1. The zero-order valence-electron chi connectivity index (χ0n) is 34.1. The molecule has 0 unspecified atom stereocenters. The van der Waals surface area contributed by atoms with E-state index in [1.54, 1.807) is 0 Å². The maximum absolute atomic E-state index is 9.39. The van der Waals surface area contributed by atoms with Gasteiger partial charge in [-0.2, -0.15) is 0 Å². The standard InChI is InChI=1S/C34H29BO3.C16H36N/c36-35(37)38-24-10-23-34(31-20-7-14-25-11-1-4-17-28(25)31,32-21-8-15-26-12-2-5-18-29(26)32)33-22-9-16-27-13-3-6-19-30(27)33;1-5-9-13-17(14-10-6-2,15-11-7-3)16-12-8-4/h1-9,11-22,36-37H,10,23-24H2;5-16H2,1-4H3/q;+1. The van der Waals surface area contributed by atoms with Crippen LogP contribution in [0.15, 0.2) is 127 Å². The molecule has 0 saturated heterocycles. The van der Waals surface area contributed by atoms with Gasteiger partial charge < -0.3 is 19.2 Å². The molecule has 0 radical (unpaired) electrons. The molecule has 0 aliphatic rings. The third-order valence-electron chi connectivity index (χ3n) is 11.7. The van der Waals surface area contributed by atoms with E-state index in [-0.39, 0.29) is 6.61 Å². The van der Waals surface area contributed by atoms with E-state index in [2.05, 4.69) is 155 Å². The van der Waals surface area contributed by atoms with Crippen molar-refractivity contribution in [1.29, 1.82) is 0 Å². The van der Waals surface area contributed by atoms with E-state index in [0.29, 0.717) is 6.42 Å². The average molecular weight is 739 g/mol. The first kappa shape index (κ1) is 42.2. The van der Waals surface area contributed by atoms with Gasteiger partial charge in [0, 0.05) is 12.0 Å². The van der Waals surface area contributed by atoms with Gasteiger partial charge in [0.25, 0.3) is 0 Å². The van der Waals surface area contributed by atoms with E-state index in [4.69, 9.17) is 4.65 Å². The summed E-state index contributed by atoms with van der Waals surface area (Å²) >= 11 is 0. The molecule has 0 aliphatic heterocycles. The van der Waals surface area contributed by atoms with Crippen molar-refractivity contribution in [3.05, 3.63) is 144 Å². The summed E-state index contributed by atoms with van der Waals surface area (Å²) in [6.45, 7) is 15.3. The molecule has 0 saturated carbocycles. The van der Waals surface area contributed by atoms with Gasteiger partial charge in [0.1, 0.15) is 0 Å². The highest BCUT2D eigenvalue weighted by atomic mass is 16.6. The molecule has 6 aromatic rings. The van der Waals surface area contributed by atoms with Crippen LogP contribution in [0, 0.1) is 0 Å². The zero-order chi connectivity index (χ0) is 38.9. The normalized spacial score (nSPS) is 11.9. The van der Waals surface area contributed by atoms with Crippen molar-refractivity contribution in [1.82, 2.24) is 0 Å². The highest BCUT2D eigenvalue weighted by Gasteiger charge is 2.39. The molecule has 55 heavy (non-hydrogen) atoms. The van der Waals surface area contributed by atoms with Crippen LogP contribution in [0.4, 0.5) is 0 Å². The number of hydrogen-bond acceptors (Lipinski definition) is 3. The lowest BCUT2D eigenvalue weighted by atomic mass is 9.63. The van der Waals surface area contributed by atoms with Crippen LogP contribution in [-0.4, -0.2) is 54.6 Å². The number of rotatable bonds is 20. The van der Waals surface area contributed by atoms with E-state index < -0.39 is 12.7 Å². The minimum atomic E-state index is -1.78. The Morgan fingerprint density at radius 1 is 0.455 bits per heavy atom. The van der Waals surface area contributed by atoms with Gasteiger partial charge in [-0.05, 0) is 87.5 Å². The lowest BCUT2D eigenvalue weighted by Gasteiger charge is -2.39. The van der Waals surface area contributed by atoms with Gasteiger partial charge in [-0.15, -0.1) is 0 Å². The second kappa shape index (κ2) is 21.3. The van der Waals surface area contributed by atoms with Gasteiger partial charge in [-0.1, -0.05) is 181 Å². The Morgan fingerprint density at radius 2 is 0.782 bits per heavy atom. The summed E-state index contributed by atoms with van der Waals surface area (Å²) in [6.07, 6.45) is 12.4. The Kier molecular flexibility index (Phi) is 16.4. The summed E-state index contributed by atoms with van der Waals surface area (Å²) in [4.78, 5) is 0. The topological polar surface area (TPSA) is 49.7 Å². The van der Waals surface area contributed by atoms with Gasteiger partial charge in [0.2, 0.25) is 0 Å². The third kappa shape index (κ3) is 10.5. The fourth-order valence-electron chi connectivity index (χ4n) is 8.80. The molecule has 0 amide bonds. The van der Waals surface area contributed by atoms with E-state index in [1.807, 2.05) is 0 Å². The Labute approximate surface area is 331 Å². The molecular weight excluding hydrogens is 673 g/mol. The highest BCUT2D eigenvalue weighted by molar-refractivity contribution is 6.32. The molecule has 0 heterocycles. The maximum atomic E-state index is 9.39. The Morgan fingerprint density at radius 3 is 1.11 bits per heavy atom. The van der Waals surface area contributed by atoms with Crippen molar-refractivity contribution >= 4 is 39.6 Å². The second-order valence-electron chi connectivity index (χ2n) is 15.4. The molecule has 0 bridgehead atoms.